The molecule has 1 heteroatoms. The molecule has 0 unspecified atom stereocenters. The molecule has 0 nitrogen and oxygen atoms in total. The molecule has 0 heterocycles. The Bertz CT molecular complexity index is 1140. The number of allylic oxidation sites excluding steroid dienone is 4. The van der Waals surface area contributed by atoms with Gasteiger partial charge in [0.15, 0.2) is 0 Å². The summed E-state index contributed by atoms with van der Waals surface area (Å²) in [7, 11) is 0. The molecule has 0 amide bonds. The number of hydrogen-bond donors (Lipinski definition) is 0. The van der Waals surface area contributed by atoms with Crippen LogP contribution in [0.3, 0.4) is 0 Å². The summed E-state index contributed by atoms with van der Waals surface area (Å²) in [5.74, 6) is 0. The Morgan fingerprint density at radius 2 is 1.25 bits per heavy atom. The van der Waals surface area contributed by atoms with E-state index in [2.05, 4.69) is 97.9 Å². The van der Waals surface area contributed by atoms with Crippen molar-refractivity contribution >= 4 is 3.21 Å². The van der Waals surface area contributed by atoms with Crippen LogP contribution in [0.25, 0.3) is 11.1 Å². The minimum absolute atomic E-state index is 0.166. The molecular weight excluding hydrogens is 464 g/mol. The minimum atomic E-state index is -1.96. The second-order valence-corrected chi connectivity index (χ2v) is 19.1. The van der Waals surface area contributed by atoms with Gasteiger partial charge in [0.05, 0.1) is 0 Å². The fraction of sp³-hybridized carbons (Fsp3) is 0.452. The SMILES string of the molecule is Cc1cc2c(cc1C(C)(C)C)-c1cc(C(C)(C)C)c(C)cc1[CH]2[Zr]([C]1=CC=CC1)=[C]1CC1. The van der Waals surface area contributed by atoms with Gasteiger partial charge in [0.25, 0.3) is 0 Å². The molecule has 3 aliphatic rings. The molecule has 0 atom stereocenters. The van der Waals surface area contributed by atoms with Crippen molar-refractivity contribution in [1.29, 1.82) is 0 Å². The van der Waals surface area contributed by atoms with Crippen LogP contribution in [0, 0.1) is 13.8 Å². The van der Waals surface area contributed by atoms with Crippen LogP contribution in [0.4, 0.5) is 0 Å². The third-order valence-corrected chi connectivity index (χ3v) is 16.3. The fourth-order valence-electron chi connectivity index (χ4n) is 6.09. The third-order valence-electron chi connectivity index (χ3n) is 7.61. The molecule has 1 fully saturated rings. The number of fused-ring (bicyclic) bond motifs is 3. The first-order valence-electron chi connectivity index (χ1n) is 12.3. The first-order chi connectivity index (χ1) is 15.0. The summed E-state index contributed by atoms with van der Waals surface area (Å²) in [4.78, 5) is 0. The number of rotatable bonds is 2. The van der Waals surface area contributed by atoms with E-state index in [1.165, 1.54) is 52.6 Å². The molecule has 2 aromatic rings. The van der Waals surface area contributed by atoms with Crippen molar-refractivity contribution in [2.24, 2.45) is 0 Å². The summed E-state index contributed by atoms with van der Waals surface area (Å²) >= 11 is -1.96. The molecule has 0 saturated heterocycles. The summed E-state index contributed by atoms with van der Waals surface area (Å²) in [5.41, 5.74) is 12.7. The van der Waals surface area contributed by atoms with Gasteiger partial charge in [0.1, 0.15) is 0 Å². The first-order valence-corrected chi connectivity index (χ1v) is 16.2. The molecule has 0 bridgehead atoms. The Morgan fingerprint density at radius 1 is 0.750 bits per heavy atom. The zero-order valence-electron chi connectivity index (χ0n) is 21.2. The molecule has 0 spiro atoms. The van der Waals surface area contributed by atoms with Crippen molar-refractivity contribution < 1.29 is 21.3 Å². The first kappa shape index (κ1) is 22.5. The van der Waals surface area contributed by atoms with Crippen LogP contribution in [-0.4, -0.2) is 3.21 Å². The maximum atomic E-state index is 2.60. The van der Waals surface area contributed by atoms with Crippen LogP contribution >= 0.6 is 0 Å². The van der Waals surface area contributed by atoms with Gasteiger partial charge in [0, 0.05) is 0 Å². The van der Waals surface area contributed by atoms with Crippen LogP contribution in [0.5, 0.6) is 0 Å². The van der Waals surface area contributed by atoms with Crippen molar-refractivity contribution in [1.82, 2.24) is 0 Å². The zero-order valence-corrected chi connectivity index (χ0v) is 23.7. The van der Waals surface area contributed by atoms with E-state index in [1.807, 2.05) is 6.49 Å². The van der Waals surface area contributed by atoms with E-state index in [4.69, 9.17) is 0 Å². The summed E-state index contributed by atoms with van der Waals surface area (Å²) in [6.45, 7) is 18.9. The monoisotopic (exact) mass is 500 g/mol. The van der Waals surface area contributed by atoms with Crippen molar-refractivity contribution in [3.63, 3.8) is 0 Å². The van der Waals surface area contributed by atoms with Gasteiger partial charge in [-0.05, 0) is 0 Å². The molecule has 166 valence electrons. The molecule has 5 rings (SSSR count). The average molecular weight is 502 g/mol. The van der Waals surface area contributed by atoms with E-state index in [0.29, 0.717) is 3.63 Å². The quantitative estimate of drug-likeness (QED) is 0.387. The topological polar surface area (TPSA) is 0 Å². The van der Waals surface area contributed by atoms with Gasteiger partial charge in [-0.15, -0.1) is 0 Å². The third kappa shape index (κ3) is 3.74. The molecule has 0 aliphatic heterocycles. The average Bonchev–Trinajstić information content (AvgIpc) is 3.27. The maximum absolute atomic E-state index is 2.60. The fourth-order valence-corrected chi connectivity index (χ4v) is 15.0. The molecule has 32 heavy (non-hydrogen) atoms. The normalized spacial score (nSPS) is 17.5. The Kier molecular flexibility index (Phi) is 5.33. The molecular formula is C31H38Zr. The second-order valence-electron chi connectivity index (χ2n) is 12.3. The van der Waals surface area contributed by atoms with Crippen LogP contribution in [0.1, 0.15) is 97.8 Å². The van der Waals surface area contributed by atoms with E-state index in [9.17, 15) is 0 Å². The van der Waals surface area contributed by atoms with Crippen molar-refractivity contribution in [3.05, 3.63) is 79.2 Å². The van der Waals surface area contributed by atoms with Crippen LogP contribution in [0.15, 0.2) is 45.8 Å². The van der Waals surface area contributed by atoms with Gasteiger partial charge in [-0.25, -0.2) is 0 Å². The predicted molar refractivity (Wildman–Crippen MR) is 137 cm³/mol. The van der Waals surface area contributed by atoms with Crippen LogP contribution in [-0.2, 0) is 32.1 Å². The van der Waals surface area contributed by atoms with Gasteiger partial charge >= 0.3 is 204 Å². The Balaban J connectivity index is 1.81. The molecule has 0 radical (unpaired) electrons. The zero-order chi connectivity index (χ0) is 23.0. The van der Waals surface area contributed by atoms with E-state index >= 15 is 0 Å². The van der Waals surface area contributed by atoms with E-state index < -0.39 is 21.3 Å². The van der Waals surface area contributed by atoms with E-state index in [1.54, 1.807) is 11.1 Å². The van der Waals surface area contributed by atoms with E-state index in [-0.39, 0.29) is 10.8 Å². The summed E-state index contributed by atoms with van der Waals surface area (Å²) in [6, 6.07) is 10.3. The predicted octanol–water partition coefficient (Wildman–Crippen LogP) is 8.40. The molecule has 1 saturated carbocycles. The second kappa shape index (κ2) is 7.60. The standard InChI is InChI=1S/C23H29.C5H5.C3H4.Zr/c1-14-9-16-11-17-10-15(2)21(23(6,7)8)13-19(17)18(16)12-20(14)22(3,4)5;1-2-4-5-3-1;1-2-3-1;/h9-13H,1-8H3;1-3H,4H2;1-2H2;. The Labute approximate surface area is 203 Å². The Morgan fingerprint density at radius 3 is 1.62 bits per heavy atom. The van der Waals surface area contributed by atoms with Gasteiger partial charge in [-0.1, -0.05) is 0 Å². The van der Waals surface area contributed by atoms with Gasteiger partial charge in [-0.2, -0.15) is 0 Å². The number of hydrogen-bond acceptors (Lipinski definition) is 0. The van der Waals surface area contributed by atoms with Gasteiger partial charge < -0.3 is 0 Å². The summed E-state index contributed by atoms with van der Waals surface area (Å²) < 4.78 is 4.44. The van der Waals surface area contributed by atoms with Crippen LogP contribution < -0.4 is 0 Å². The molecule has 0 N–H and O–H groups in total. The summed E-state index contributed by atoms with van der Waals surface area (Å²) in [5, 5.41) is 0. The number of aryl methyl sites for hydroxylation is 2. The Hall–Kier alpha value is -1.33. The van der Waals surface area contributed by atoms with Crippen molar-refractivity contribution in [2.75, 3.05) is 0 Å². The van der Waals surface area contributed by atoms with Gasteiger partial charge in [-0.3, -0.25) is 0 Å². The number of benzene rings is 2. The van der Waals surface area contributed by atoms with Gasteiger partial charge in [0.2, 0.25) is 0 Å². The van der Waals surface area contributed by atoms with Crippen molar-refractivity contribution in [2.45, 2.75) is 89.1 Å². The molecule has 3 aliphatic carbocycles. The van der Waals surface area contributed by atoms with Crippen LogP contribution in [0.2, 0.25) is 0 Å². The van der Waals surface area contributed by atoms with E-state index in [0.717, 1.165) is 0 Å². The van der Waals surface area contributed by atoms with Crippen molar-refractivity contribution in [3.8, 4) is 11.1 Å². The molecule has 0 aromatic heterocycles. The summed E-state index contributed by atoms with van der Waals surface area (Å²) in [6.07, 6.45) is 11.2. The molecule has 2 aromatic carbocycles.